The Bertz CT molecular complexity index is 1630. The summed E-state index contributed by atoms with van der Waals surface area (Å²) in [5.74, 6) is -1.50. The third kappa shape index (κ3) is 3.36. The van der Waals surface area contributed by atoms with Crippen LogP contribution in [-0.4, -0.2) is 37.7 Å². The Kier molecular flexibility index (Phi) is 5.48. The third-order valence-electron chi connectivity index (χ3n) is 8.19. The molecule has 198 valence electrons. The number of aryl methyl sites for hydroxylation is 1. The molecule has 3 atom stereocenters. The molecule has 9 nitrogen and oxygen atoms in total. The first-order valence-electron chi connectivity index (χ1n) is 12.8. The molecule has 0 fully saturated rings. The number of aliphatic hydroxyl groups is 2. The highest BCUT2D eigenvalue weighted by molar-refractivity contribution is 5.94. The molecule has 4 heterocycles. The molecule has 3 aromatic rings. The predicted octanol–water partition coefficient (Wildman–Crippen LogP) is 2.40. The molecule has 0 bridgehead atoms. The average molecular weight is 522 g/mol. The Labute approximate surface area is 217 Å². The number of amides is 1. The monoisotopic (exact) mass is 521 g/mol. The van der Waals surface area contributed by atoms with Crippen LogP contribution in [0.3, 0.4) is 0 Å². The van der Waals surface area contributed by atoms with Gasteiger partial charge in [-0.2, -0.15) is 0 Å². The number of halogens is 1. The normalized spacial score (nSPS) is 21.9. The van der Waals surface area contributed by atoms with E-state index >= 15 is 0 Å². The van der Waals surface area contributed by atoms with Gasteiger partial charge in [0.05, 0.1) is 47.6 Å². The van der Waals surface area contributed by atoms with Gasteiger partial charge < -0.3 is 24.8 Å². The zero-order valence-corrected chi connectivity index (χ0v) is 21.4. The van der Waals surface area contributed by atoms with E-state index in [0.717, 1.165) is 22.1 Å². The van der Waals surface area contributed by atoms with Crippen molar-refractivity contribution in [1.82, 2.24) is 14.9 Å². The van der Waals surface area contributed by atoms with Crippen molar-refractivity contribution < 1.29 is 28.9 Å². The van der Waals surface area contributed by atoms with Crippen LogP contribution < -0.4 is 10.9 Å². The number of aromatic nitrogens is 2. The van der Waals surface area contributed by atoms with E-state index in [-0.39, 0.29) is 54.4 Å². The maximum atomic E-state index is 15.0. The number of hydrogen-bond donors (Lipinski definition) is 3. The summed E-state index contributed by atoms with van der Waals surface area (Å²) in [6, 6.07) is 2.57. The molecular weight excluding hydrogens is 493 g/mol. The van der Waals surface area contributed by atoms with Crippen LogP contribution in [0, 0.1) is 12.7 Å². The number of pyridine rings is 2. The van der Waals surface area contributed by atoms with Gasteiger partial charge in [0, 0.05) is 22.6 Å². The van der Waals surface area contributed by atoms with Gasteiger partial charge in [-0.3, -0.25) is 9.59 Å². The minimum absolute atomic E-state index is 0.0240. The highest BCUT2D eigenvalue weighted by atomic mass is 19.1. The standard InChI is InChI=1S/C28H28FN3O6/c1-4-28(37)17-8-21-25-15(10-32(21)26(35)16(17)11-38-27(28)36)24-19(30-22(34)7-12(2)33)6-5-14-13(3)18(29)9-20(31-25)23(14)24/h8-9,12,19,33,37H,4-7,10-11H2,1-3H3,(H,30,34)/t12-,19-,28-/m0/s1. The number of nitrogens with one attached hydrogen (secondary N) is 1. The lowest BCUT2D eigenvalue weighted by molar-refractivity contribution is -0.172. The highest BCUT2D eigenvalue weighted by Gasteiger charge is 2.46. The van der Waals surface area contributed by atoms with E-state index in [0.29, 0.717) is 35.3 Å². The fraction of sp³-hybridized carbons (Fsp3) is 0.429. The molecule has 0 unspecified atom stereocenters. The van der Waals surface area contributed by atoms with Gasteiger partial charge in [0.2, 0.25) is 5.91 Å². The van der Waals surface area contributed by atoms with Crippen LogP contribution in [0.4, 0.5) is 4.39 Å². The minimum atomic E-state index is -1.95. The summed E-state index contributed by atoms with van der Waals surface area (Å²) in [6.07, 6.45) is 0.224. The van der Waals surface area contributed by atoms with E-state index in [2.05, 4.69) is 5.32 Å². The van der Waals surface area contributed by atoms with Crippen LogP contribution in [-0.2, 0) is 39.5 Å². The quantitative estimate of drug-likeness (QED) is 0.352. The molecule has 0 spiro atoms. The molecule has 3 aliphatic rings. The van der Waals surface area contributed by atoms with Crippen molar-refractivity contribution in [3.8, 4) is 11.4 Å². The number of ether oxygens (including phenoxy) is 1. The van der Waals surface area contributed by atoms with Crippen LogP contribution >= 0.6 is 0 Å². The smallest absolute Gasteiger partial charge is 0.343 e. The van der Waals surface area contributed by atoms with Crippen molar-refractivity contribution in [2.75, 3.05) is 0 Å². The maximum absolute atomic E-state index is 15.0. The second-order valence-electron chi connectivity index (χ2n) is 10.5. The van der Waals surface area contributed by atoms with Gasteiger partial charge in [0.1, 0.15) is 12.4 Å². The van der Waals surface area contributed by atoms with E-state index in [1.54, 1.807) is 26.8 Å². The topological polar surface area (TPSA) is 131 Å². The second-order valence-corrected chi connectivity index (χ2v) is 10.5. The molecule has 2 aromatic heterocycles. The van der Waals surface area contributed by atoms with Crippen LogP contribution in [0.5, 0.6) is 0 Å². The number of esters is 1. The summed E-state index contributed by atoms with van der Waals surface area (Å²) >= 11 is 0. The van der Waals surface area contributed by atoms with Gasteiger partial charge in [-0.15, -0.1) is 0 Å². The van der Waals surface area contributed by atoms with Gasteiger partial charge in [0.15, 0.2) is 5.60 Å². The van der Waals surface area contributed by atoms with Crippen LogP contribution in [0.25, 0.3) is 22.3 Å². The molecule has 0 radical (unpaired) electrons. The van der Waals surface area contributed by atoms with Gasteiger partial charge >= 0.3 is 5.97 Å². The van der Waals surface area contributed by atoms with Crippen LogP contribution in [0.2, 0.25) is 0 Å². The van der Waals surface area contributed by atoms with Crippen molar-refractivity contribution in [3.63, 3.8) is 0 Å². The summed E-state index contributed by atoms with van der Waals surface area (Å²) in [6.45, 7) is 4.84. The van der Waals surface area contributed by atoms with Crippen LogP contribution in [0.15, 0.2) is 16.9 Å². The lowest BCUT2D eigenvalue weighted by Crippen LogP contribution is -2.44. The summed E-state index contributed by atoms with van der Waals surface area (Å²) in [4.78, 5) is 43.6. The van der Waals surface area contributed by atoms with E-state index in [9.17, 15) is 29.0 Å². The van der Waals surface area contributed by atoms with Gasteiger partial charge in [0.25, 0.3) is 5.56 Å². The molecular formula is C28H28FN3O6. The van der Waals surface area contributed by atoms with Gasteiger partial charge in [-0.25, -0.2) is 14.2 Å². The average Bonchev–Trinajstić information content (AvgIpc) is 3.24. The molecule has 2 aliphatic heterocycles. The molecule has 0 saturated heterocycles. The number of carbonyl (C=O) groups is 2. The van der Waals surface area contributed by atoms with E-state index in [4.69, 9.17) is 9.72 Å². The molecule has 0 saturated carbocycles. The largest absolute Gasteiger partial charge is 0.458 e. The molecule has 1 amide bonds. The molecule has 10 heteroatoms. The fourth-order valence-electron chi connectivity index (χ4n) is 6.22. The van der Waals surface area contributed by atoms with Crippen molar-refractivity contribution >= 4 is 22.8 Å². The van der Waals surface area contributed by atoms with Crippen LogP contribution in [0.1, 0.15) is 72.5 Å². The zero-order chi connectivity index (χ0) is 27.1. The Morgan fingerprint density at radius 2 is 2.08 bits per heavy atom. The van der Waals surface area contributed by atoms with Crippen molar-refractivity contribution in [1.29, 1.82) is 0 Å². The number of rotatable bonds is 4. The number of aliphatic hydroxyl groups excluding tert-OH is 1. The number of hydrogen-bond acceptors (Lipinski definition) is 7. The van der Waals surface area contributed by atoms with Crippen molar-refractivity contribution in [3.05, 3.63) is 61.7 Å². The van der Waals surface area contributed by atoms with Gasteiger partial charge in [-0.1, -0.05) is 6.92 Å². The third-order valence-corrected chi connectivity index (χ3v) is 8.19. The highest BCUT2D eigenvalue weighted by Crippen LogP contribution is 2.45. The number of benzene rings is 1. The Balaban J connectivity index is 1.61. The van der Waals surface area contributed by atoms with Crippen molar-refractivity contribution in [2.45, 2.75) is 77.4 Å². The Morgan fingerprint density at radius 1 is 1.32 bits per heavy atom. The number of cyclic esters (lactones) is 1. The lowest BCUT2D eigenvalue weighted by atomic mass is 9.81. The zero-order valence-electron chi connectivity index (χ0n) is 21.4. The first kappa shape index (κ1) is 24.7. The van der Waals surface area contributed by atoms with E-state index in [1.807, 2.05) is 0 Å². The minimum Gasteiger partial charge on any atom is -0.458 e. The predicted molar refractivity (Wildman–Crippen MR) is 135 cm³/mol. The first-order chi connectivity index (χ1) is 18.0. The number of fused-ring (bicyclic) bond motifs is 5. The summed E-state index contributed by atoms with van der Waals surface area (Å²) < 4.78 is 21.6. The summed E-state index contributed by atoms with van der Waals surface area (Å²) in [5, 5.41) is 24.7. The SMILES string of the molecule is CC[C@@]1(O)C(=O)OCc2c1cc1n(c2=O)Cc2c-1nc1cc(F)c(C)c3c1c2[C@@H](NC(=O)C[C@H](C)O)CC3. The second kappa shape index (κ2) is 8.44. The van der Waals surface area contributed by atoms with E-state index in [1.165, 1.54) is 10.6 Å². The molecule has 6 rings (SSSR count). The molecule has 38 heavy (non-hydrogen) atoms. The first-order valence-corrected chi connectivity index (χ1v) is 12.8. The van der Waals surface area contributed by atoms with Gasteiger partial charge in [-0.05, 0) is 55.9 Å². The Morgan fingerprint density at radius 3 is 2.79 bits per heavy atom. The molecule has 3 N–H and O–H groups in total. The van der Waals surface area contributed by atoms with Crippen molar-refractivity contribution in [2.24, 2.45) is 0 Å². The number of carbonyl (C=O) groups excluding carboxylic acids is 2. The summed E-state index contributed by atoms with van der Waals surface area (Å²) in [5.41, 5.74) is 2.24. The summed E-state index contributed by atoms with van der Waals surface area (Å²) in [7, 11) is 0. The lowest BCUT2D eigenvalue weighted by Gasteiger charge is -2.31. The molecule has 1 aliphatic carbocycles. The van der Waals surface area contributed by atoms with E-state index < -0.39 is 23.7 Å². The maximum Gasteiger partial charge on any atom is 0.343 e. The number of nitrogens with zero attached hydrogens (tertiary/aromatic N) is 2. The Hall–Kier alpha value is -3.63. The fourth-order valence-corrected chi connectivity index (χ4v) is 6.22. The molecule has 1 aromatic carbocycles.